The molecule has 0 saturated carbocycles. The Morgan fingerprint density at radius 3 is 2.73 bits per heavy atom. The minimum atomic E-state index is -0.109. The molecule has 0 aromatic heterocycles. The van der Waals surface area contributed by atoms with Crippen LogP contribution in [0.2, 0.25) is 0 Å². The third-order valence-corrected chi connectivity index (χ3v) is 2.02. The van der Waals surface area contributed by atoms with Crippen LogP contribution in [0.25, 0.3) is 0 Å². The summed E-state index contributed by atoms with van der Waals surface area (Å²) in [4.78, 5) is 11.2. The zero-order chi connectivity index (χ0) is 8.27. The number of allylic oxidation sites excluding steroid dienone is 1. The van der Waals surface area contributed by atoms with Crippen LogP contribution in [0.4, 0.5) is 0 Å². The second kappa shape index (κ2) is 3.56. The Hall–Kier alpha value is -0.790. The van der Waals surface area contributed by atoms with Crippen LogP contribution >= 0.6 is 0 Å². The third-order valence-electron chi connectivity index (χ3n) is 2.02. The topological polar surface area (TPSA) is 26.3 Å². The lowest BCUT2D eigenvalue weighted by molar-refractivity contribution is -0.138. The minimum Gasteiger partial charge on any atom is -0.463 e. The zero-order valence-corrected chi connectivity index (χ0v) is 7.14. The first kappa shape index (κ1) is 8.31. The van der Waals surface area contributed by atoms with Gasteiger partial charge >= 0.3 is 5.97 Å². The molecule has 1 rings (SSSR count). The van der Waals surface area contributed by atoms with E-state index in [2.05, 4.69) is 0 Å². The van der Waals surface area contributed by atoms with Gasteiger partial charge in [-0.2, -0.15) is 0 Å². The maximum atomic E-state index is 11.2. The van der Waals surface area contributed by atoms with Gasteiger partial charge in [0.05, 0.1) is 6.61 Å². The standard InChI is InChI=1S/C9H14O2/c1-3-11-9(10)8-6-4-5-7(8)2/h3-6H2,1-2H3. The molecule has 0 atom stereocenters. The summed E-state index contributed by atoms with van der Waals surface area (Å²) in [6.45, 7) is 4.33. The number of rotatable bonds is 2. The van der Waals surface area contributed by atoms with E-state index in [9.17, 15) is 4.79 Å². The molecule has 2 nitrogen and oxygen atoms in total. The highest BCUT2D eigenvalue weighted by molar-refractivity contribution is 5.89. The third kappa shape index (κ3) is 1.82. The molecule has 11 heavy (non-hydrogen) atoms. The monoisotopic (exact) mass is 154 g/mol. The highest BCUT2D eigenvalue weighted by Gasteiger charge is 2.18. The van der Waals surface area contributed by atoms with Gasteiger partial charge in [0, 0.05) is 5.57 Å². The SMILES string of the molecule is CCOC(=O)C1=C(C)CCC1. The molecular weight excluding hydrogens is 140 g/mol. The van der Waals surface area contributed by atoms with Crippen LogP contribution in [-0.2, 0) is 9.53 Å². The van der Waals surface area contributed by atoms with Gasteiger partial charge in [-0.25, -0.2) is 4.79 Å². The summed E-state index contributed by atoms with van der Waals surface area (Å²) in [7, 11) is 0. The van der Waals surface area contributed by atoms with Gasteiger partial charge in [0.1, 0.15) is 0 Å². The van der Waals surface area contributed by atoms with Crippen LogP contribution in [0.1, 0.15) is 33.1 Å². The highest BCUT2D eigenvalue weighted by Crippen LogP contribution is 2.25. The minimum absolute atomic E-state index is 0.109. The average molecular weight is 154 g/mol. The second-order valence-electron chi connectivity index (χ2n) is 2.83. The second-order valence-corrected chi connectivity index (χ2v) is 2.83. The number of carbonyl (C=O) groups excluding carboxylic acids is 1. The fourth-order valence-corrected chi connectivity index (χ4v) is 1.39. The van der Waals surface area contributed by atoms with Gasteiger partial charge < -0.3 is 4.74 Å². The van der Waals surface area contributed by atoms with Gasteiger partial charge in [-0.05, 0) is 33.1 Å². The number of ether oxygens (including phenoxy) is 1. The van der Waals surface area contributed by atoms with Crippen molar-refractivity contribution in [1.82, 2.24) is 0 Å². The number of hydrogen-bond donors (Lipinski definition) is 0. The van der Waals surface area contributed by atoms with Crippen LogP contribution in [-0.4, -0.2) is 12.6 Å². The quantitative estimate of drug-likeness (QED) is 0.569. The Kier molecular flexibility index (Phi) is 2.69. The molecule has 0 aromatic carbocycles. The summed E-state index contributed by atoms with van der Waals surface area (Å²) < 4.78 is 4.90. The Morgan fingerprint density at radius 1 is 1.55 bits per heavy atom. The maximum Gasteiger partial charge on any atom is 0.333 e. The zero-order valence-electron chi connectivity index (χ0n) is 7.14. The van der Waals surface area contributed by atoms with Crippen molar-refractivity contribution in [3.05, 3.63) is 11.1 Å². The molecule has 0 amide bonds. The van der Waals surface area contributed by atoms with Crippen molar-refractivity contribution in [3.8, 4) is 0 Å². The Morgan fingerprint density at radius 2 is 2.27 bits per heavy atom. The van der Waals surface area contributed by atoms with Crippen molar-refractivity contribution in [1.29, 1.82) is 0 Å². The van der Waals surface area contributed by atoms with Crippen molar-refractivity contribution >= 4 is 5.97 Å². The molecular formula is C9H14O2. The maximum absolute atomic E-state index is 11.2. The number of esters is 1. The normalized spacial score (nSPS) is 17.3. The van der Waals surface area contributed by atoms with Gasteiger partial charge in [0.15, 0.2) is 0 Å². The van der Waals surface area contributed by atoms with Crippen LogP contribution in [0.5, 0.6) is 0 Å². The van der Waals surface area contributed by atoms with Gasteiger partial charge in [-0.1, -0.05) is 5.57 Å². The summed E-state index contributed by atoms with van der Waals surface area (Å²) in [6.07, 6.45) is 3.08. The highest BCUT2D eigenvalue weighted by atomic mass is 16.5. The van der Waals surface area contributed by atoms with Crippen LogP contribution < -0.4 is 0 Å². The Bertz CT molecular complexity index is 192. The molecule has 0 heterocycles. The summed E-state index contributed by atoms with van der Waals surface area (Å²) >= 11 is 0. The Balaban J connectivity index is 2.59. The molecule has 0 fully saturated rings. The lowest BCUT2D eigenvalue weighted by Gasteiger charge is -2.02. The van der Waals surface area contributed by atoms with E-state index in [1.165, 1.54) is 5.57 Å². The molecule has 0 saturated heterocycles. The van der Waals surface area contributed by atoms with Crippen molar-refractivity contribution in [2.24, 2.45) is 0 Å². The summed E-state index contributed by atoms with van der Waals surface area (Å²) in [5, 5.41) is 0. The molecule has 1 aliphatic rings. The first-order valence-corrected chi connectivity index (χ1v) is 4.11. The van der Waals surface area contributed by atoms with E-state index < -0.39 is 0 Å². The number of carbonyl (C=O) groups is 1. The molecule has 2 heteroatoms. The van der Waals surface area contributed by atoms with Crippen molar-refractivity contribution in [3.63, 3.8) is 0 Å². The van der Waals surface area contributed by atoms with E-state index in [0.717, 1.165) is 24.8 Å². The van der Waals surface area contributed by atoms with E-state index in [0.29, 0.717) is 6.61 Å². The number of hydrogen-bond acceptors (Lipinski definition) is 2. The van der Waals surface area contributed by atoms with Crippen LogP contribution in [0, 0.1) is 0 Å². The van der Waals surface area contributed by atoms with Gasteiger partial charge in [0.25, 0.3) is 0 Å². The fraction of sp³-hybridized carbons (Fsp3) is 0.667. The predicted molar refractivity (Wildman–Crippen MR) is 43.2 cm³/mol. The van der Waals surface area contributed by atoms with Crippen LogP contribution in [0.3, 0.4) is 0 Å². The van der Waals surface area contributed by atoms with Crippen molar-refractivity contribution in [2.45, 2.75) is 33.1 Å². The molecule has 62 valence electrons. The smallest absolute Gasteiger partial charge is 0.333 e. The van der Waals surface area contributed by atoms with Crippen molar-refractivity contribution < 1.29 is 9.53 Å². The molecule has 0 unspecified atom stereocenters. The molecule has 0 bridgehead atoms. The van der Waals surface area contributed by atoms with Gasteiger partial charge in [-0.3, -0.25) is 0 Å². The van der Waals surface area contributed by atoms with E-state index in [1.807, 2.05) is 13.8 Å². The summed E-state index contributed by atoms with van der Waals surface area (Å²) in [5.41, 5.74) is 2.12. The lowest BCUT2D eigenvalue weighted by atomic mass is 10.2. The summed E-state index contributed by atoms with van der Waals surface area (Å²) in [6, 6.07) is 0. The van der Waals surface area contributed by atoms with Crippen LogP contribution in [0.15, 0.2) is 11.1 Å². The van der Waals surface area contributed by atoms with E-state index in [1.54, 1.807) is 0 Å². The summed E-state index contributed by atoms with van der Waals surface area (Å²) in [5.74, 6) is -0.109. The molecule has 0 aliphatic heterocycles. The van der Waals surface area contributed by atoms with E-state index >= 15 is 0 Å². The first-order chi connectivity index (χ1) is 5.25. The van der Waals surface area contributed by atoms with E-state index in [-0.39, 0.29) is 5.97 Å². The molecule has 0 radical (unpaired) electrons. The average Bonchev–Trinajstić information content (AvgIpc) is 2.36. The molecule has 0 N–H and O–H groups in total. The van der Waals surface area contributed by atoms with Gasteiger partial charge in [-0.15, -0.1) is 0 Å². The first-order valence-electron chi connectivity index (χ1n) is 4.11. The lowest BCUT2D eigenvalue weighted by Crippen LogP contribution is -2.06. The Labute approximate surface area is 67.2 Å². The van der Waals surface area contributed by atoms with E-state index in [4.69, 9.17) is 4.74 Å². The predicted octanol–water partition coefficient (Wildman–Crippen LogP) is 2.05. The van der Waals surface area contributed by atoms with Gasteiger partial charge in [0.2, 0.25) is 0 Å². The molecule has 1 aliphatic carbocycles. The largest absolute Gasteiger partial charge is 0.463 e. The molecule has 0 spiro atoms. The fourth-order valence-electron chi connectivity index (χ4n) is 1.39. The van der Waals surface area contributed by atoms with Crippen molar-refractivity contribution in [2.75, 3.05) is 6.61 Å². The molecule has 0 aromatic rings.